The maximum absolute atomic E-state index is 5.02. The van der Waals surface area contributed by atoms with E-state index >= 15 is 0 Å². The first-order valence-corrected chi connectivity index (χ1v) is 11.6. The molecular formula is C22H42IN7. The second kappa shape index (κ2) is 11.6. The largest absolute Gasteiger partial charge is 0.355 e. The molecule has 8 heteroatoms. The van der Waals surface area contributed by atoms with Gasteiger partial charge in [-0.05, 0) is 57.5 Å². The van der Waals surface area contributed by atoms with Crippen LogP contribution in [0.4, 0.5) is 0 Å². The Bertz CT molecular complexity index is 685. The number of hydrogen-bond acceptors (Lipinski definition) is 4. The van der Waals surface area contributed by atoms with Gasteiger partial charge in [-0.2, -0.15) is 0 Å². The summed E-state index contributed by atoms with van der Waals surface area (Å²) in [7, 11) is 2.02. The third-order valence-corrected chi connectivity index (χ3v) is 6.89. The molecule has 0 aliphatic carbocycles. The van der Waals surface area contributed by atoms with Gasteiger partial charge in [-0.1, -0.05) is 27.2 Å². The molecule has 0 radical (unpaired) electrons. The molecule has 2 unspecified atom stereocenters. The highest BCUT2D eigenvalue weighted by Gasteiger charge is 2.32. The Morgan fingerprint density at radius 1 is 1.23 bits per heavy atom. The van der Waals surface area contributed by atoms with Gasteiger partial charge in [0, 0.05) is 32.7 Å². The zero-order valence-electron chi connectivity index (χ0n) is 19.7. The fourth-order valence-electron chi connectivity index (χ4n) is 5.06. The molecule has 2 atom stereocenters. The smallest absolute Gasteiger partial charge is 0.194 e. The lowest BCUT2D eigenvalue weighted by atomic mass is 9.78. The molecule has 1 aromatic heterocycles. The summed E-state index contributed by atoms with van der Waals surface area (Å²) in [6.45, 7) is 15.1. The number of halogens is 1. The minimum Gasteiger partial charge on any atom is -0.355 e. The molecule has 0 spiro atoms. The average molecular weight is 532 g/mol. The third-order valence-electron chi connectivity index (χ3n) is 6.89. The van der Waals surface area contributed by atoms with Crippen LogP contribution < -0.4 is 5.32 Å². The molecule has 0 bridgehead atoms. The van der Waals surface area contributed by atoms with Gasteiger partial charge in [-0.25, -0.2) is 4.99 Å². The van der Waals surface area contributed by atoms with E-state index in [9.17, 15) is 0 Å². The van der Waals surface area contributed by atoms with E-state index in [-0.39, 0.29) is 24.0 Å². The molecule has 0 amide bonds. The molecule has 30 heavy (non-hydrogen) atoms. The van der Waals surface area contributed by atoms with Crippen LogP contribution >= 0.6 is 24.0 Å². The molecule has 1 N–H and O–H groups in total. The Kier molecular flexibility index (Phi) is 9.84. The van der Waals surface area contributed by atoms with E-state index in [1.165, 1.54) is 45.1 Å². The SMILES string of the molecule is CCCC1(C)CCCN(C(=NCc2nnc(C)n2C)NCC2CCCN2CC)C1.I. The van der Waals surface area contributed by atoms with Crippen LogP contribution in [0.15, 0.2) is 4.99 Å². The standard InChI is InChI=1S/C22H41N7.HI/c1-6-11-22(4)12-9-14-29(17-22)21(23-15-19-10-8-13-28(19)7-2)24-16-20-26-25-18(3)27(20)5;/h19H,6-17H2,1-5H3,(H,23,24);1H. The van der Waals surface area contributed by atoms with E-state index < -0.39 is 0 Å². The zero-order chi connectivity index (χ0) is 20.9. The van der Waals surface area contributed by atoms with Crippen LogP contribution in [0.5, 0.6) is 0 Å². The van der Waals surface area contributed by atoms with Crippen molar-refractivity contribution in [3.63, 3.8) is 0 Å². The van der Waals surface area contributed by atoms with Gasteiger partial charge in [0.05, 0.1) is 0 Å². The number of aromatic nitrogens is 3. The van der Waals surface area contributed by atoms with Crippen molar-refractivity contribution in [2.75, 3.05) is 32.7 Å². The number of nitrogens with zero attached hydrogens (tertiary/aromatic N) is 6. The number of piperidine rings is 1. The maximum atomic E-state index is 5.02. The van der Waals surface area contributed by atoms with Gasteiger partial charge in [-0.3, -0.25) is 4.90 Å². The number of hydrogen-bond donors (Lipinski definition) is 1. The molecule has 3 rings (SSSR count). The summed E-state index contributed by atoms with van der Waals surface area (Å²) in [5.74, 6) is 2.91. The van der Waals surface area contributed by atoms with Crippen LogP contribution in [0.1, 0.15) is 70.9 Å². The summed E-state index contributed by atoms with van der Waals surface area (Å²) in [5.41, 5.74) is 0.389. The van der Waals surface area contributed by atoms with Crippen molar-refractivity contribution in [3.8, 4) is 0 Å². The van der Waals surface area contributed by atoms with Gasteiger partial charge in [0.15, 0.2) is 11.8 Å². The van der Waals surface area contributed by atoms with Crippen LogP contribution in [0.25, 0.3) is 0 Å². The highest BCUT2D eigenvalue weighted by molar-refractivity contribution is 14.0. The number of aliphatic imine (C=N–C) groups is 1. The monoisotopic (exact) mass is 531 g/mol. The summed E-state index contributed by atoms with van der Waals surface area (Å²) >= 11 is 0. The van der Waals surface area contributed by atoms with E-state index in [0.29, 0.717) is 18.0 Å². The molecule has 0 saturated carbocycles. The molecule has 7 nitrogen and oxygen atoms in total. The van der Waals surface area contributed by atoms with Crippen molar-refractivity contribution >= 4 is 29.9 Å². The number of nitrogens with one attached hydrogen (secondary N) is 1. The summed E-state index contributed by atoms with van der Waals surface area (Å²) in [4.78, 5) is 10.1. The van der Waals surface area contributed by atoms with E-state index in [0.717, 1.165) is 43.8 Å². The van der Waals surface area contributed by atoms with E-state index in [1.807, 2.05) is 18.5 Å². The van der Waals surface area contributed by atoms with E-state index in [2.05, 4.69) is 46.1 Å². The second-order valence-electron chi connectivity index (χ2n) is 9.25. The molecule has 2 fully saturated rings. The second-order valence-corrected chi connectivity index (χ2v) is 9.25. The lowest BCUT2D eigenvalue weighted by molar-refractivity contribution is 0.141. The third kappa shape index (κ3) is 6.31. The van der Waals surface area contributed by atoms with Gasteiger partial charge in [-0.15, -0.1) is 34.2 Å². The summed E-state index contributed by atoms with van der Waals surface area (Å²) in [5, 5.41) is 12.2. The Morgan fingerprint density at radius 3 is 2.70 bits per heavy atom. The van der Waals surface area contributed by atoms with E-state index in [4.69, 9.17) is 4.99 Å². The van der Waals surface area contributed by atoms with Crippen molar-refractivity contribution in [3.05, 3.63) is 11.6 Å². The minimum atomic E-state index is 0. The number of likely N-dealkylation sites (tertiary alicyclic amines) is 2. The zero-order valence-corrected chi connectivity index (χ0v) is 22.0. The Labute approximate surface area is 200 Å². The molecule has 2 aliphatic rings. The summed E-state index contributed by atoms with van der Waals surface area (Å²) in [6.07, 6.45) is 7.68. The van der Waals surface area contributed by atoms with Crippen LogP contribution in [0, 0.1) is 12.3 Å². The van der Waals surface area contributed by atoms with E-state index in [1.54, 1.807) is 0 Å². The fourth-order valence-corrected chi connectivity index (χ4v) is 5.06. The Balaban J connectivity index is 0.00000320. The van der Waals surface area contributed by atoms with Gasteiger partial charge in [0.2, 0.25) is 0 Å². The number of likely N-dealkylation sites (N-methyl/N-ethyl adjacent to an activating group) is 1. The lowest BCUT2D eigenvalue weighted by Gasteiger charge is -2.42. The first-order chi connectivity index (χ1) is 14.0. The molecule has 2 saturated heterocycles. The average Bonchev–Trinajstić information content (AvgIpc) is 3.29. The molecule has 0 aromatic carbocycles. The highest BCUT2D eigenvalue weighted by Crippen LogP contribution is 2.34. The quantitative estimate of drug-likeness (QED) is 0.331. The highest BCUT2D eigenvalue weighted by atomic mass is 127. The van der Waals surface area contributed by atoms with Crippen molar-refractivity contribution in [1.29, 1.82) is 0 Å². The van der Waals surface area contributed by atoms with Crippen molar-refractivity contribution in [2.45, 2.75) is 78.8 Å². The van der Waals surface area contributed by atoms with Gasteiger partial charge >= 0.3 is 0 Å². The van der Waals surface area contributed by atoms with Gasteiger partial charge in [0.1, 0.15) is 12.4 Å². The van der Waals surface area contributed by atoms with Crippen LogP contribution in [-0.2, 0) is 13.6 Å². The lowest BCUT2D eigenvalue weighted by Crippen LogP contribution is -2.52. The maximum Gasteiger partial charge on any atom is 0.194 e. The Morgan fingerprint density at radius 2 is 2.03 bits per heavy atom. The van der Waals surface area contributed by atoms with Crippen LogP contribution in [-0.4, -0.2) is 69.3 Å². The van der Waals surface area contributed by atoms with Crippen molar-refractivity contribution in [1.82, 2.24) is 29.9 Å². The normalized spacial score (nSPS) is 25.4. The summed E-state index contributed by atoms with van der Waals surface area (Å²) < 4.78 is 2.04. The van der Waals surface area contributed by atoms with Gasteiger partial charge < -0.3 is 14.8 Å². The number of guanidine groups is 1. The minimum absolute atomic E-state index is 0. The summed E-state index contributed by atoms with van der Waals surface area (Å²) in [6, 6.07) is 0.620. The molecule has 2 aliphatic heterocycles. The fraction of sp³-hybridized carbons (Fsp3) is 0.864. The molecule has 1 aromatic rings. The van der Waals surface area contributed by atoms with Gasteiger partial charge in [0.25, 0.3) is 0 Å². The first kappa shape index (κ1) is 25.4. The molecule has 3 heterocycles. The first-order valence-electron chi connectivity index (χ1n) is 11.6. The predicted octanol–water partition coefficient (Wildman–Crippen LogP) is 3.57. The van der Waals surface area contributed by atoms with Crippen molar-refractivity contribution in [2.24, 2.45) is 17.5 Å². The number of aryl methyl sites for hydroxylation is 1. The molecule has 172 valence electrons. The Hall–Kier alpha value is -0.900. The topological polar surface area (TPSA) is 61.6 Å². The predicted molar refractivity (Wildman–Crippen MR) is 134 cm³/mol. The van der Waals surface area contributed by atoms with Crippen LogP contribution in [0.3, 0.4) is 0 Å². The molecular weight excluding hydrogens is 489 g/mol. The van der Waals surface area contributed by atoms with Crippen molar-refractivity contribution < 1.29 is 0 Å². The van der Waals surface area contributed by atoms with Crippen LogP contribution in [0.2, 0.25) is 0 Å². The number of rotatable bonds is 7.